The van der Waals surface area contributed by atoms with Crippen molar-refractivity contribution in [3.8, 4) is 0 Å². The summed E-state index contributed by atoms with van der Waals surface area (Å²) < 4.78 is 26.2. The number of piperidine rings is 1. The molecule has 0 aromatic heterocycles. The summed E-state index contributed by atoms with van der Waals surface area (Å²) in [6.45, 7) is 1.93. The number of fused-ring (bicyclic) bond motifs is 1. The highest BCUT2D eigenvalue weighted by atomic mass is 19.2. The van der Waals surface area contributed by atoms with Gasteiger partial charge in [0, 0.05) is 12.6 Å². The maximum atomic E-state index is 13.3. The Kier molecular flexibility index (Phi) is 2.87. The van der Waals surface area contributed by atoms with Crippen molar-refractivity contribution in [3.63, 3.8) is 0 Å². The van der Waals surface area contributed by atoms with Crippen molar-refractivity contribution < 1.29 is 13.9 Å². The molecule has 18 heavy (non-hydrogen) atoms. The Balaban J connectivity index is 1.87. The minimum atomic E-state index is -1.000. The molecule has 1 N–H and O–H groups in total. The molecule has 0 amide bonds. The van der Waals surface area contributed by atoms with Gasteiger partial charge in [-0.25, -0.2) is 8.78 Å². The van der Waals surface area contributed by atoms with Crippen molar-refractivity contribution in [1.29, 1.82) is 0 Å². The highest BCUT2D eigenvalue weighted by Gasteiger charge is 2.41. The number of benzene rings is 1. The van der Waals surface area contributed by atoms with Crippen LogP contribution < -0.4 is 0 Å². The lowest BCUT2D eigenvalue weighted by atomic mass is 9.81. The average molecular weight is 253 g/mol. The topological polar surface area (TPSA) is 23.5 Å². The molecule has 98 valence electrons. The Hall–Kier alpha value is -1.00. The second kappa shape index (κ2) is 4.28. The molecule has 2 fully saturated rings. The molecule has 0 saturated carbocycles. The summed E-state index contributed by atoms with van der Waals surface area (Å²) >= 11 is 0. The first-order valence-electron chi connectivity index (χ1n) is 6.50. The minimum Gasteiger partial charge on any atom is -0.385 e. The highest BCUT2D eigenvalue weighted by Crippen LogP contribution is 2.39. The monoisotopic (exact) mass is 253 g/mol. The van der Waals surface area contributed by atoms with Gasteiger partial charge < -0.3 is 10.0 Å². The van der Waals surface area contributed by atoms with Gasteiger partial charge in [-0.05, 0) is 49.9 Å². The SMILES string of the molecule is OC1(c2ccc(F)c(F)c2)CCN2CCCC2C1. The van der Waals surface area contributed by atoms with E-state index in [-0.39, 0.29) is 0 Å². The first-order valence-corrected chi connectivity index (χ1v) is 6.50. The van der Waals surface area contributed by atoms with E-state index in [0.717, 1.165) is 31.6 Å². The van der Waals surface area contributed by atoms with Crippen LogP contribution in [0.1, 0.15) is 31.2 Å². The van der Waals surface area contributed by atoms with Gasteiger partial charge in [-0.2, -0.15) is 0 Å². The van der Waals surface area contributed by atoms with Crippen molar-refractivity contribution in [1.82, 2.24) is 4.90 Å². The molecule has 2 unspecified atom stereocenters. The van der Waals surface area contributed by atoms with E-state index in [1.807, 2.05) is 0 Å². The summed E-state index contributed by atoms with van der Waals surface area (Å²) in [5, 5.41) is 10.7. The first kappa shape index (κ1) is 12.1. The van der Waals surface area contributed by atoms with Crippen LogP contribution in [0, 0.1) is 11.6 Å². The number of nitrogens with zero attached hydrogens (tertiary/aromatic N) is 1. The molecule has 2 nitrogen and oxygen atoms in total. The zero-order valence-electron chi connectivity index (χ0n) is 10.2. The summed E-state index contributed by atoms with van der Waals surface area (Å²) in [6.07, 6.45) is 3.47. The molecule has 0 radical (unpaired) electrons. The summed E-state index contributed by atoms with van der Waals surface area (Å²) in [5.74, 6) is -1.74. The van der Waals surface area contributed by atoms with Crippen LogP contribution in [-0.2, 0) is 5.60 Å². The van der Waals surface area contributed by atoms with E-state index in [0.29, 0.717) is 24.4 Å². The standard InChI is InChI=1S/C14H17F2NO/c15-12-4-3-10(8-13(12)16)14(18)5-7-17-6-1-2-11(17)9-14/h3-4,8,11,18H,1-2,5-7,9H2. The van der Waals surface area contributed by atoms with Gasteiger partial charge in [0.25, 0.3) is 0 Å². The van der Waals surface area contributed by atoms with E-state index in [9.17, 15) is 13.9 Å². The van der Waals surface area contributed by atoms with E-state index in [2.05, 4.69) is 4.90 Å². The van der Waals surface area contributed by atoms with Gasteiger partial charge in [-0.3, -0.25) is 0 Å². The quantitative estimate of drug-likeness (QED) is 0.830. The molecule has 2 aliphatic heterocycles. The third-order valence-electron chi connectivity index (χ3n) is 4.34. The van der Waals surface area contributed by atoms with Crippen LogP contribution in [0.5, 0.6) is 0 Å². The Bertz CT molecular complexity index is 465. The second-order valence-corrected chi connectivity index (χ2v) is 5.45. The molecule has 0 aliphatic carbocycles. The maximum Gasteiger partial charge on any atom is 0.159 e. The molecule has 3 rings (SSSR count). The highest BCUT2D eigenvalue weighted by molar-refractivity contribution is 5.25. The summed E-state index contributed by atoms with van der Waals surface area (Å²) in [4.78, 5) is 2.38. The van der Waals surface area contributed by atoms with Gasteiger partial charge in [0.05, 0.1) is 5.60 Å². The lowest BCUT2D eigenvalue weighted by Gasteiger charge is -2.41. The lowest BCUT2D eigenvalue weighted by Crippen LogP contribution is -2.46. The van der Waals surface area contributed by atoms with Gasteiger partial charge >= 0.3 is 0 Å². The second-order valence-electron chi connectivity index (χ2n) is 5.45. The molecular weight excluding hydrogens is 236 g/mol. The fourth-order valence-electron chi connectivity index (χ4n) is 3.29. The van der Waals surface area contributed by atoms with Gasteiger partial charge in [-0.15, -0.1) is 0 Å². The number of hydrogen-bond acceptors (Lipinski definition) is 2. The molecule has 2 saturated heterocycles. The predicted molar refractivity (Wildman–Crippen MR) is 64.1 cm³/mol. The molecular formula is C14H17F2NO. The van der Waals surface area contributed by atoms with Gasteiger partial charge in [0.15, 0.2) is 11.6 Å². The van der Waals surface area contributed by atoms with Crippen LogP contribution in [0.4, 0.5) is 8.78 Å². The van der Waals surface area contributed by atoms with E-state index < -0.39 is 17.2 Å². The largest absolute Gasteiger partial charge is 0.385 e. The Morgan fingerprint density at radius 2 is 2.06 bits per heavy atom. The maximum absolute atomic E-state index is 13.3. The number of hydrogen-bond donors (Lipinski definition) is 1. The molecule has 0 spiro atoms. The van der Waals surface area contributed by atoms with E-state index in [1.54, 1.807) is 0 Å². The van der Waals surface area contributed by atoms with Crippen molar-refractivity contribution in [3.05, 3.63) is 35.4 Å². The van der Waals surface area contributed by atoms with Crippen molar-refractivity contribution in [2.75, 3.05) is 13.1 Å². The van der Waals surface area contributed by atoms with Gasteiger partial charge in [0.2, 0.25) is 0 Å². The zero-order valence-corrected chi connectivity index (χ0v) is 10.2. The van der Waals surface area contributed by atoms with Crippen LogP contribution in [0.25, 0.3) is 0 Å². The Labute approximate surface area is 105 Å². The molecule has 2 aliphatic rings. The summed E-state index contributed by atoms with van der Waals surface area (Å²) in [6, 6.07) is 4.13. The summed E-state index contributed by atoms with van der Waals surface area (Å²) in [5.41, 5.74) is -0.493. The van der Waals surface area contributed by atoms with E-state index in [4.69, 9.17) is 0 Å². The molecule has 1 aromatic carbocycles. The Morgan fingerprint density at radius 1 is 1.22 bits per heavy atom. The minimum absolute atomic E-state index is 0.386. The van der Waals surface area contributed by atoms with Crippen molar-refractivity contribution >= 4 is 0 Å². The van der Waals surface area contributed by atoms with Crippen molar-refractivity contribution in [2.45, 2.75) is 37.3 Å². The number of rotatable bonds is 1. The molecule has 2 atom stereocenters. The number of halogens is 2. The molecule has 1 aromatic rings. The fourth-order valence-corrected chi connectivity index (χ4v) is 3.29. The third-order valence-corrected chi connectivity index (χ3v) is 4.34. The molecule has 4 heteroatoms. The first-order chi connectivity index (χ1) is 8.58. The van der Waals surface area contributed by atoms with Crippen molar-refractivity contribution in [2.24, 2.45) is 0 Å². The third kappa shape index (κ3) is 1.93. The lowest BCUT2D eigenvalue weighted by molar-refractivity contribution is -0.0411. The van der Waals surface area contributed by atoms with Gasteiger partial charge in [-0.1, -0.05) is 6.07 Å². The van der Waals surface area contributed by atoms with Crippen LogP contribution in [-0.4, -0.2) is 29.1 Å². The Morgan fingerprint density at radius 3 is 2.83 bits per heavy atom. The predicted octanol–water partition coefficient (Wildman–Crippen LogP) is 2.41. The van der Waals surface area contributed by atoms with Gasteiger partial charge in [0.1, 0.15) is 0 Å². The molecule has 0 bridgehead atoms. The van der Waals surface area contributed by atoms with Crippen LogP contribution in [0.15, 0.2) is 18.2 Å². The van der Waals surface area contributed by atoms with E-state index in [1.165, 1.54) is 12.5 Å². The molecule has 2 heterocycles. The average Bonchev–Trinajstić information content (AvgIpc) is 2.79. The van der Waals surface area contributed by atoms with Crippen LogP contribution in [0.3, 0.4) is 0 Å². The van der Waals surface area contributed by atoms with E-state index >= 15 is 0 Å². The van der Waals surface area contributed by atoms with Crippen LogP contribution in [0.2, 0.25) is 0 Å². The zero-order chi connectivity index (χ0) is 12.8. The normalized spacial score (nSPS) is 32.5. The summed E-state index contributed by atoms with van der Waals surface area (Å²) in [7, 11) is 0. The smallest absolute Gasteiger partial charge is 0.159 e. The number of aliphatic hydroxyl groups is 1. The fraction of sp³-hybridized carbons (Fsp3) is 0.571. The van der Waals surface area contributed by atoms with Crippen LogP contribution >= 0.6 is 0 Å².